The van der Waals surface area contributed by atoms with E-state index in [1.54, 1.807) is 20.3 Å². The van der Waals surface area contributed by atoms with Crippen molar-refractivity contribution in [3.8, 4) is 11.5 Å². The van der Waals surface area contributed by atoms with Gasteiger partial charge in [-0.15, -0.1) is 0 Å². The van der Waals surface area contributed by atoms with E-state index in [4.69, 9.17) is 19.9 Å². The molecule has 0 saturated heterocycles. The fourth-order valence-corrected chi connectivity index (χ4v) is 1.75. The lowest BCUT2D eigenvalue weighted by Crippen LogP contribution is -2.14. The molecule has 1 aromatic carbocycles. The van der Waals surface area contributed by atoms with Crippen molar-refractivity contribution in [1.29, 1.82) is 0 Å². The molecule has 5 heteroatoms. The first-order valence-electron chi connectivity index (χ1n) is 5.30. The van der Waals surface area contributed by atoms with E-state index in [1.807, 2.05) is 6.07 Å². The number of hydrogen-bond donors (Lipinski definition) is 2. The molecule has 0 aliphatic heterocycles. The van der Waals surface area contributed by atoms with Crippen molar-refractivity contribution in [2.24, 2.45) is 5.73 Å². The van der Waals surface area contributed by atoms with Gasteiger partial charge in [0.05, 0.1) is 32.5 Å². The molecule has 0 saturated carbocycles. The van der Waals surface area contributed by atoms with Crippen LogP contribution in [0, 0.1) is 0 Å². The zero-order valence-electron chi connectivity index (χ0n) is 10.4. The van der Waals surface area contributed by atoms with Crippen LogP contribution in [-0.4, -0.2) is 33.0 Å². The van der Waals surface area contributed by atoms with Crippen molar-refractivity contribution in [3.63, 3.8) is 0 Å². The average molecular weight is 241 g/mol. The highest BCUT2D eigenvalue weighted by Crippen LogP contribution is 2.36. The van der Waals surface area contributed by atoms with E-state index in [0.717, 1.165) is 5.56 Å². The van der Waals surface area contributed by atoms with Gasteiger partial charge in [0.25, 0.3) is 0 Å². The zero-order chi connectivity index (χ0) is 12.8. The normalized spacial score (nSPS) is 12.3. The van der Waals surface area contributed by atoms with Crippen LogP contribution < -0.4 is 15.2 Å². The van der Waals surface area contributed by atoms with Crippen LogP contribution in [0.25, 0.3) is 0 Å². The second kappa shape index (κ2) is 6.44. The number of benzene rings is 1. The standard InChI is InChI=1S/C12H19NO4/c1-15-7-8-4-5-10(16-2)11(9(14)6-13)12(8)17-3/h4-5,9,14H,6-7,13H2,1-3H3. The van der Waals surface area contributed by atoms with Gasteiger partial charge in [0.1, 0.15) is 11.5 Å². The van der Waals surface area contributed by atoms with Crippen LogP contribution >= 0.6 is 0 Å². The summed E-state index contributed by atoms with van der Waals surface area (Å²) in [6.45, 7) is 0.501. The molecule has 0 radical (unpaired) electrons. The summed E-state index contributed by atoms with van der Waals surface area (Å²) in [5, 5.41) is 9.92. The van der Waals surface area contributed by atoms with Crippen molar-refractivity contribution in [2.45, 2.75) is 12.7 Å². The molecule has 0 fully saturated rings. The number of rotatable bonds is 6. The van der Waals surface area contributed by atoms with Gasteiger partial charge in [-0.1, -0.05) is 0 Å². The molecule has 96 valence electrons. The Morgan fingerprint density at radius 3 is 2.41 bits per heavy atom. The number of ether oxygens (including phenoxy) is 3. The predicted octanol–water partition coefficient (Wildman–Crippen LogP) is 0.842. The highest BCUT2D eigenvalue weighted by Gasteiger charge is 2.20. The third kappa shape index (κ3) is 2.88. The van der Waals surface area contributed by atoms with E-state index >= 15 is 0 Å². The highest BCUT2D eigenvalue weighted by atomic mass is 16.5. The van der Waals surface area contributed by atoms with Crippen molar-refractivity contribution in [1.82, 2.24) is 0 Å². The molecule has 0 aliphatic rings. The van der Waals surface area contributed by atoms with Crippen molar-refractivity contribution < 1.29 is 19.3 Å². The van der Waals surface area contributed by atoms with Gasteiger partial charge < -0.3 is 25.1 Å². The van der Waals surface area contributed by atoms with Crippen LogP contribution in [0.1, 0.15) is 17.2 Å². The smallest absolute Gasteiger partial charge is 0.133 e. The molecule has 0 spiro atoms. The van der Waals surface area contributed by atoms with E-state index in [1.165, 1.54) is 7.11 Å². The van der Waals surface area contributed by atoms with Crippen molar-refractivity contribution >= 4 is 0 Å². The maximum absolute atomic E-state index is 9.92. The maximum atomic E-state index is 9.92. The molecule has 0 heterocycles. The fraction of sp³-hybridized carbons (Fsp3) is 0.500. The zero-order valence-corrected chi connectivity index (χ0v) is 10.4. The Hall–Kier alpha value is -1.30. The lowest BCUT2D eigenvalue weighted by molar-refractivity contribution is 0.169. The van der Waals surface area contributed by atoms with Crippen molar-refractivity contribution in [2.75, 3.05) is 27.9 Å². The molecule has 0 aliphatic carbocycles. The molecule has 1 unspecified atom stereocenters. The quantitative estimate of drug-likeness (QED) is 0.772. The second-order valence-corrected chi connectivity index (χ2v) is 3.56. The summed E-state index contributed by atoms with van der Waals surface area (Å²) in [7, 11) is 4.68. The minimum absolute atomic E-state index is 0.100. The highest BCUT2D eigenvalue weighted by molar-refractivity contribution is 5.51. The third-order valence-electron chi connectivity index (χ3n) is 2.52. The molecule has 0 amide bonds. The molecule has 0 aromatic heterocycles. The number of nitrogens with two attached hydrogens (primary N) is 1. The summed E-state index contributed by atoms with van der Waals surface area (Å²) < 4.78 is 15.6. The van der Waals surface area contributed by atoms with Gasteiger partial charge >= 0.3 is 0 Å². The Morgan fingerprint density at radius 1 is 1.24 bits per heavy atom. The van der Waals surface area contributed by atoms with Gasteiger partial charge in [0, 0.05) is 19.2 Å². The minimum Gasteiger partial charge on any atom is -0.496 e. The summed E-state index contributed by atoms with van der Waals surface area (Å²) in [4.78, 5) is 0. The Bertz CT molecular complexity index is 368. The predicted molar refractivity (Wildman–Crippen MR) is 64.3 cm³/mol. The Balaban J connectivity index is 3.32. The van der Waals surface area contributed by atoms with Gasteiger partial charge in [0.2, 0.25) is 0 Å². The molecule has 3 N–H and O–H groups in total. The molecule has 1 atom stereocenters. The van der Waals surface area contributed by atoms with Crippen LogP contribution in [0.15, 0.2) is 12.1 Å². The molecule has 1 rings (SSSR count). The van der Waals surface area contributed by atoms with Crippen LogP contribution in [0.3, 0.4) is 0 Å². The van der Waals surface area contributed by atoms with E-state index in [0.29, 0.717) is 23.7 Å². The molecule has 17 heavy (non-hydrogen) atoms. The van der Waals surface area contributed by atoms with E-state index in [9.17, 15) is 5.11 Å². The minimum atomic E-state index is -0.822. The number of methoxy groups -OCH3 is 3. The SMILES string of the molecule is COCc1ccc(OC)c(C(O)CN)c1OC. The lowest BCUT2D eigenvalue weighted by atomic mass is 10.0. The summed E-state index contributed by atoms with van der Waals surface area (Å²) in [6.07, 6.45) is -0.822. The molecule has 0 bridgehead atoms. The number of aliphatic hydroxyl groups excluding tert-OH is 1. The Morgan fingerprint density at radius 2 is 1.94 bits per heavy atom. The number of aliphatic hydroxyl groups is 1. The fourth-order valence-electron chi connectivity index (χ4n) is 1.75. The van der Waals surface area contributed by atoms with Crippen LogP contribution in [0.2, 0.25) is 0 Å². The van der Waals surface area contributed by atoms with Gasteiger partial charge in [-0.3, -0.25) is 0 Å². The maximum Gasteiger partial charge on any atom is 0.133 e. The largest absolute Gasteiger partial charge is 0.496 e. The Labute approximate surface area is 101 Å². The van der Waals surface area contributed by atoms with E-state index < -0.39 is 6.10 Å². The third-order valence-corrected chi connectivity index (χ3v) is 2.52. The Kier molecular flexibility index (Phi) is 5.21. The van der Waals surface area contributed by atoms with Gasteiger partial charge in [-0.25, -0.2) is 0 Å². The molecular weight excluding hydrogens is 222 g/mol. The number of hydrogen-bond acceptors (Lipinski definition) is 5. The van der Waals surface area contributed by atoms with Crippen molar-refractivity contribution in [3.05, 3.63) is 23.3 Å². The van der Waals surface area contributed by atoms with Crippen LogP contribution in [-0.2, 0) is 11.3 Å². The molecule has 5 nitrogen and oxygen atoms in total. The summed E-state index contributed by atoms with van der Waals surface area (Å²) in [5.74, 6) is 1.11. The summed E-state index contributed by atoms with van der Waals surface area (Å²) in [5.41, 5.74) is 6.89. The summed E-state index contributed by atoms with van der Waals surface area (Å²) in [6, 6.07) is 3.61. The van der Waals surface area contributed by atoms with Crippen LogP contribution in [0.4, 0.5) is 0 Å². The van der Waals surface area contributed by atoms with Gasteiger partial charge in [-0.05, 0) is 12.1 Å². The van der Waals surface area contributed by atoms with Crippen LogP contribution in [0.5, 0.6) is 11.5 Å². The second-order valence-electron chi connectivity index (χ2n) is 3.56. The van der Waals surface area contributed by atoms with Gasteiger partial charge in [0.15, 0.2) is 0 Å². The first-order chi connectivity index (χ1) is 8.19. The van der Waals surface area contributed by atoms with Gasteiger partial charge in [-0.2, -0.15) is 0 Å². The van der Waals surface area contributed by atoms with E-state index in [-0.39, 0.29) is 6.54 Å². The average Bonchev–Trinajstić information content (AvgIpc) is 2.37. The summed E-state index contributed by atoms with van der Waals surface area (Å²) >= 11 is 0. The van der Waals surface area contributed by atoms with E-state index in [2.05, 4.69) is 0 Å². The topological polar surface area (TPSA) is 73.9 Å². The lowest BCUT2D eigenvalue weighted by Gasteiger charge is -2.19. The first kappa shape index (κ1) is 13.8. The molecular formula is C12H19NO4. The monoisotopic (exact) mass is 241 g/mol. The molecule has 1 aromatic rings. The first-order valence-corrected chi connectivity index (χ1v) is 5.30.